The summed E-state index contributed by atoms with van der Waals surface area (Å²) >= 11 is 0. The second-order valence-corrected chi connectivity index (χ2v) is 9.59. The Morgan fingerprint density at radius 2 is 1.12 bits per heavy atom. The maximum atomic E-state index is 6.38. The summed E-state index contributed by atoms with van der Waals surface area (Å²) in [5.74, 6) is 0. The van der Waals surface area contributed by atoms with Crippen molar-refractivity contribution in [3.63, 3.8) is 0 Å². The summed E-state index contributed by atoms with van der Waals surface area (Å²) in [7, 11) is -0.412. The van der Waals surface area contributed by atoms with Crippen LogP contribution in [0.25, 0.3) is 33.5 Å². The van der Waals surface area contributed by atoms with Crippen LogP contribution in [0.1, 0.15) is 27.7 Å². The van der Waals surface area contributed by atoms with Crippen molar-refractivity contribution in [1.82, 2.24) is 4.98 Å². The van der Waals surface area contributed by atoms with Crippen LogP contribution in [0.5, 0.6) is 0 Å². The van der Waals surface area contributed by atoms with Gasteiger partial charge in [-0.3, -0.25) is 4.98 Å². The summed E-state index contributed by atoms with van der Waals surface area (Å²) in [6.07, 6.45) is 1.82. The average Bonchev–Trinajstić information content (AvgIpc) is 3.07. The number of hydrogen-bond acceptors (Lipinski definition) is 3. The van der Waals surface area contributed by atoms with Crippen molar-refractivity contribution >= 4 is 12.6 Å². The molecule has 33 heavy (non-hydrogen) atoms. The van der Waals surface area contributed by atoms with E-state index in [4.69, 9.17) is 9.31 Å². The zero-order chi connectivity index (χ0) is 23.1. The van der Waals surface area contributed by atoms with Gasteiger partial charge in [-0.2, -0.15) is 0 Å². The highest BCUT2D eigenvalue weighted by Gasteiger charge is 2.51. The lowest BCUT2D eigenvalue weighted by Gasteiger charge is -2.32. The molecule has 3 aromatic carbocycles. The van der Waals surface area contributed by atoms with E-state index in [1.165, 1.54) is 5.56 Å². The summed E-state index contributed by atoms with van der Waals surface area (Å²) in [6.45, 7) is 8.35. The van der Waals surface area contributed by atoms with Crippen molar-refractivity contribution in [2.24, 2.45) is 0 Å². The van der Waals surface area contributed by atoms with Crippen LogP contribution in [-0.2, 0) is 9.31 Å². The third kappa shape index (κ3) is 4.24. The van der Waals surface area contributed by atoms with Crippen LogP contribution < -0.4 is 5.46 Å². The summed E-state index contributed by atoms with van der Waals surface area (Å²) in [6, 6.07) is 31.6. The number of rotatable bonds is 4. The number of hydrogen-bond donors (Lipinski definition) is 0. The van der Waals surface area contributed by atoms with Crippen LogP contribution in [0.2, 0.25) is 0 Å². The normalized spacial score (nSPS) is 16.7. The lowest BCUT2D eigenvalue weighted by atomic mass is 9.76. The molecular weight excluding hydrogens is 405 g/mol. The van der Waals surface area contributed by atoms with Gasteiger partial charge in [-0.1, -0.05) is 72.8 Å². The zero-order valence-corrected chi connectivity index (χ0v) is 19.6. The molecule has 1 aromatic heterocycles. The highest BCUT2D eigenvalue weighted by molar-refractivity contribution is 6.62. The van der Waals surface area contributed by atoms with Gasteiger partial charge >= 0.3 is 7.12 Å². The standard InChI is InChI=1S/C29H28BNO2/c1-28(2)29(3,4)33-30(32-28)26-19-24(21-10-6-5-7-11-21)18-25(20-26)22-13-15-23(16-14-22)27-12-8-9-17-31-27/h5-20H,1-4H3. The van der Waals surface area contributed by atoms with Gasteiger partial charge in [0.1, 0.15) is 0 Å². The fourth-order valence-corrected chi connectivity index (χ4v) is 4.10. The largest absolute Gasteiger partial charge is 0.494 e. The van der Waals surface area contributed by atoms with Gasteiger partial charge in [-0.15, -0.1) is 0 Å². The van der Waals surface area contributed by atoms with Gasteiger partial charge in [0.15, 0.2) is 0 Å². The van der Waals surface area contributed by atoms with Crippen LogP contribution in [0.3, 0.4) is 0 Å². The molecule has 1 fully saturated rings. The minimum Gasteiger partial charge on any atom is -0.399 e. The smallest absolute Gasteiger partial charge is 0.399 e. The van der Waals surface area contributed by atoms with E-state index >= 15 is 0 Å². The van der Waals surface area contributed by atoms with Gasteiger partial charge in [0.25, 0.3) is 0 Å². The number of benzene rings is 3. The molecule has 3 nitrogen and oxygen atoms in total. The van der Waals surface area contributed by atoms with Crippen molar-refractivity contribution in [1.29, 1.82) is 0 Å². The van der Waals surface area contributed by atoms with Gasteiger partial charge in [0.05, 0.1) is 16.9 Å². The van der Waals surface area contributed by atoms with Crippen molar-refractivity contribution in [3.05, 3.63) is 97.2 Å². The molecule has 164 valence electrons. The highest BCUT2D eigenvalue weighted by atomic mass is 16.7. The Morgan fingerprint density at radius 1 is 0.576 bits per heavy atom. The second-order valence-electron chi connectivity index (χ2n) is 9.59. The van der Waals surface area contributed by atoms with Gasteiger partial charge in [-0.05, 0) is 73.6 Å². The first-order chi connectivity index (χ1) is 15.8. The first-order valence-corrected chi connectivity index (χ1v) is 11.4. The van der Waals surface area contributed by atoms with E-state index in [1.807, 2.05) is 30.5 Å². The minimum atomic E-state index is -0.412. The lowest BCUT2D eigenvalue weighted by Crippen LogP contribution is -2.41. The molecular formula is C29H28BNO2. The molecule has 5 rings (SSSR count). The molecule has 0 N–H and O–H groups in total. The lowest BCUT2D eigenvalue weighted by molar-refractivity contribution is 0.00578. The van der Waals surface area contributed by atoms with E-state index in [2.05, 4.69) is 99.4 Å². The van der Waals surface area contributed by atoms with E-state index in [1.54, 1.807) is 0 Å². The fraction of sp³-hybridized carbons (Fsp3) is 0.207. The fourth-order valence-electron chi connectivity index (χ4n) is 4.10. The molecule has 4 aromatic rings. The molecule has 1 saturated heterocycles. The average molecular weight is 433 g/mol. The molecule has 0 unspecified atom stereocenters. The van der Waals surface area contributed by atoms with Gasteiger partial charge < -0.3 is 9.31 Å². The molecule has 1 aliphatic heterocycles. The molecule has 0 aliphatic carbocycles. The summed E-state index contributed by atoms with van der Waals surface area (Å²) < 4.78 is 12.8. The van der Waals surface area contributed by atoms with E-state index in [0.29, 0.717) is 0 Å². The highest BCUT2D eigenvalue weighted by Crippen LogP contribution is 2.37. The maximum Gasteiger partial charge on any atom is 0.494 e. The van der Waals surface area contributed by atoms with E-state index in [-0.39, 0.29) is 11.2 Å². The number of pyridine rings is 1. The Balaban J connectivity index is 1.57. The Bertz CT molecular complexity index is 1240. The van der Waals surface area contributed by atoms with Crippen LogP contribution in [0, 0.1) is 0 Å². The monoisotopic (exact) mass is 433 g/mol. The third-order valence-corrected chi connectivity index (χ3v) is 6.77. The maximum absolute atomic E-state index is 6.38. The molecule has 0 amide bonds. The first kappa shape index (κ1) is 21.6. The van der Waals surface area contributed by atoms with Gasteiger partial charge in [-0.25, -0.2) is 0 Å². The molecule has 0 atom stereocenters. The minimum absolute atomic E-state index is 0.384. The van der Waals surface area contributed by atoms with Crippen LogP contribution in [-0.4, -0.2) is 23.3 Å². The summed E-state index contributed by atoms with van der Waals surface area (Å²) in [5, 5.41) is 0. The Labute approximate surface area is 196 Å². The van der Waals surface area contributed by atoms with Crippen LogP contribution >= 0.6 is 0 Å². The van der Waals surface area contributed by atoms with E-state index < -0.39 is 7.12 Å². The van der Waals surface area contributed by atoms with E-state index in [9.17, 15) is 0 Å². The summed E-state index contributed by atoms with van der Waals surface area (Å²) in [5.41, 5.74) is 6.92. The predicted octanol–water partition coefficient (Wildman–Crippen LogP) is 6.38. The topological polar surface area (TPSA) is 31.4 Å². The van der Waals surface area contributed by atoms with Crippen molar-refractivity contribution in [2.45, 2.75) is 38.9 Å². The SMILES string of the molecule is CC1(C)OB(c2cc(-c3ccccc3)cc(-c3ccc(-c4ccccn4)cc3)c2)OC1(C)C. The quantitative estimate of drug-likeness (QED) is 0.350. The first-order valence-electron chi connectivity index (χ1n) is 11.4. The van der Waals surface area contributed by atoms with Crippen LogP contribution in [0.4, 0.5) is 0 Å². The van der Waals surface area contributed by atoms with Crippen molar-refractivity contribution in [3.8, 4) is 33.5 Å². The Hall–Kier alpha value is -3.21. The summed E-state index contributed by atoms with van der Waals surface area (Å²) in [4.78, 5) is 4.47. The molecule has 4 heteroatoms. The number of aromatic nitrogens is 1. The molecule has 0 saturated carbocycles. The van der Waals surface area contributed by atoms with E-state index in [0.717, 1.165) is 33.4 Å². The molecule has 0 spiro atoms. The molecule has 1 aliphatic rings. The molecule has 0 bridgehead atoms. The Kier molecular flexibility index (Phi) is 5.44. The number of nitrogens with zero attached hydrogens (tertiary/aromatic N) is 1. The Morgan fingerprint density at radius 3 is 1.70 bits per heavy atom. The van der Waals surface area contributed by atoms with Gasteiger partial charge in [0, 0.05) is 11.8 Å². The predicted molar refractivity (Wildman–Crippen MR) is 136 cm³/mol. The third-order valence-electron chi connectivity index (χ3n) is 6.77. The van der Waals surface area contributed by atoms with Crippen molar-refractivity contribution < 1.29 is 9.31 Å². The van der Waals surface area contributed by atoms with Crippen molar-refractivity contribution in [2.75, 3.05) is 0 Å². The zero-order valence-electron chi connectivity index (χ0n) is 19.6. The second kappa shape index (κ2) is 8.29. The van der Waals surface area contributed by atoms with Gasteiger partial charge in [0.2, 0.25) is 0 Å². The molecule has 0 radical (unpaired) electrons. The molecule has 2 heterocycles. The van der Waals surface area contributed by atoms with Crippen LogP contribution in [0.15, 0.2) is 97.2 Å².